The van der Waals surface area contributed by atoms with Crippen LogP contribution in [0.15, 0.2) is 24.4 Å². The minimum absolute atomic E-state index is 0.140. The number of amides is 2. The molecule has 2 amide bonds. The summed E-state index contributed by atoms with van der Waals surface area (Å²) in [6.07, 6.45) is 11.2. The molecule has 7 heteroatoms. The smallest absolute Gasteiger partial charge is 0.409 e. The lowest BCUT2D eigenvalue weighted by Crippen LogP contribution is -2.55. The van der Waals surface area contributed by atoms with E-state index in [9.17, 15) is 9.59 Å². The first-order chi connectivity index (χ1) is 16.6. The number of pyridine rings is 1. The monoisotopic (exact) mass is 468 g/mol. The van der Waals surface area contributed by atoms with Crippen molar-refractivity contribution in [2.24, 2.45) is 11.3 Å². The van der Waals surface area contributed by atoms with Crippen molar-refractivity contribution in [2.75, 3.05) is 39.3 Å². The zero-order valence-electron chi connectivity index (χ0n) is 20.7. The highest BCUT2D eigenvalue weighted by Gasteiger charge is 2.51. The Morgan fingerprint density at radius 3 is 2.68 bits per heavy atom. The van der Waals surface area contributed by atoms with Crippen LogP contribution in [0, 0.1) is 11.3 Å². The van der Waals surface area contributed by atoms with Gasteiger partial charge in [-0.1, -0.05) is 6.07 Å². The van der Waals surface area contributed by atoms with Crippen LogP contribution in [0.3, 0.4) is 0 Å². The molecule has 1 spiro atoms. The highest BCUT2D eigenvalue weighted by Crippen LogP contribution is 2.51. The van der Waals surface area contributed by atoms with Crippen LogP contribution in [0.4, 0.5) is 4.79 Å². The van der Waals surface area contributed by atoms with Crippen LogP contribution in [0.5, 0.6) is 0 Å². The molecule has 34 heavy (non-hydrogen) atoms. The van der Waals surface area contributed by atoms with Gasteiger partial charge in [0.25, 0.3) is 0 Å². The molecule has 0 aromatic carbocycles. The van der Waals surface area contributed by atoms with Gasteiger partial charge in [0.05, 0.1) is 6.61 Å². The first-order valence-electron chi connectivity index (χ1n) is 13.4. The van der Waals surface area contributed by atoms with E-state index < -0.39 is 0 Å². The molecule has 0 N–H and O–H groups in total. The average molecular weight is 469 g/mol. The molecule has 4 fully saturated rings. The summed E-state index contributed by atoms with van der Waals surface area (Å²) in [5, 5.41) is 0. The summed E-state index contributed by atoms with van der Waals surface area (Å²) in [7, 11) is 0. The summed E-state index contributed by atoms with van der Waals surface area (Å²) in [5.41, 5.74) is 1.34. The minimum Gasteiger partial charge on any atom is -0.450 e. The van der Waals surface area contributed by atoms with Crippen LogP contribution < -0.4 is 0 Å². The van der Waals surface area contributed by atoms with Crippen LogP contribution in [0.1, 0.15) is 64.0 Å². The van der Waals surface area contributed by atoms with E-state index >= 15 is 0 Å². The van der Waals surface area contributed by atoms with Crippen LogP contribution >= 0.6 is 0 Å². The van der Waals surface area contributed by atoms with Gasteiger partial charge in [-0.3, -0.25) is 9.78 Å². The Bertz CT molecular complexity index is 849. The quantitative estimate of drug-likeness (QED) is 0.637. The largest absolute Gasteiger partial charge is 0.450 e. The molecule has 1 aromatic rings. The van der Waals surface area contributed by atoms with Gasteiger partial charge < -0.3 is 19.4 Å². The zero-order chi connectivity index (χ0) is 23.5. The summed E-state index contributed by atoms with van der Waals surface area (Å²) in [6.45, 7) is 7.27. The van der Waals surface area contributed by atoms with Crippen molar-refractivity contribution < 1.29 is 14.3 Å². The van der Waals surface area contributed by atoms with Gasteiger partial charge in [0.15, 0.2) is 0 Å². The number of aromatic nitrogens is 1. The summed E-state index contributed by atoms with van der Waals surface area (Å²) >= 11 is 0. The Morgan fingerprint density at radius 1 is 1.12 bits per heavy atom. The number of hydrogen-bond donors (Lipinski definition) is 0. The lowest BCUT2D eigenvalue weighted by Gasteiger charge is -2.52. The highest BCUT2D eigenvalue weighted by molar-refractivity contribution is 5.77. The van der Waals surface area contributed by atoms with E-state index in [1.54, 1.807) is 6.20 Å². The van der Waals surface area contributed by atoms with Crippen LogP contribution in [-0.2, 0) is 16.0 Å². The number of carbonyl (C=O) groups is 2. The van der Waals surface area contributed by atoms with Crippen molar-refractivity contribution in [3.63, 3.8) is 0 Å². The number of hydrogen-bond acceptors (Lipinski definition) is 5. The normalized spacial score (nSPS) is 30.0. The van der Waals surface area contributed by atoms with E-state index in [-0.39, 0.29) is 6.09 Å². The van der Waals surface area contributed by atoms with E-state index in [1.165, 1.54) is 25.7 Å². The zero-order valence-corrected chi connectivity index (χ0v) is 20.7. The Kier molecular flexibility index (Phi) is 7.09. The van der Waals surface area contributed by atoms with Gasteiger partial charge in [-0.05, 0) is 94.8 Å². The van der Waals surface area contributed by atoms with Crippen LogP contribution in [-0.4, -0.2) is 83.1 Å². The van der Waals surface area contributed by atoms with Crippen molar-refractivity contribution >= 4 is 12.0 Å². The maximum absolute atomic E-state index is 13.0. The van der Waals surface area contributed by atoms with E-state index in [2.05, 4.69) is 14.8 Å². The topological polar surface area (TPSA) is 66.0 Å². The van der Waals surface area contributed by atoms with Gasteiger partial charge in [-0.25, -0.2) is 4.79 Å². The maximum Gasteiger partial charge on any atom is 0.409 e. The Morgan fingerprint density at radius 2 is 1.94 bits per heavy atom. The summed E-state index contributed by atoms with van der Waals surface area (Å²) in [5.74, 6) is 0.946. The van der Waals surface area contributed by atoms with Gasteiger partial charge >= 0.3 is 6.09 Å². The molecule has 3 aliphatic heterocycles. The maximum atomic E-state index is 13.0. The van der Waals surface area contributed by atoms with Gasteiger partial charge in [0.2, 0.25) is 5.91 Å². The number of carbonyl (C=O) groups excluding carboxylic acids is 2. The lowest BCUT2D eigenvalue weighted by molar-refractivity contribution is -0.133. The van der Waals surface area contributed by atoms with Crippen molar-refractivity contribution in [2.45, 2.75) is 76.8 Å². The second kappa shape index (κ2) is 10.2. The van der Waals surface area contributed by atoms with Crippen molar-refractivity contribution in [3.05, 3.63) is 30.1 Å². The average Bonchev–Trinajstić information content (AvgIpc) is 3.51. The fraction of sp³-hybridized carbons (Fsp3) is 0.741. The number of ether oxygens (including phenoxy) is 1. The molecule has 1 atom stereocenters. The van der Waals surface area contributed by atoms with Gasteiger partial charge in [-0.2, -0.15) is 0 Å². The fourth-order valence-corrected chi connectivity index (χ4v) is 7.02. The van der Waals surface area contributed by atoms with Gasteiger partial charge in [0.1, 0.15) is 0 Å². The second-order valence-corrected chi connectivity index (χ2v) is 10.9. The molecule has 186 valence electrons. The molecule has 1 aliphatic carbocycles. The summed E-state index contributed by atoms with van der Waals surface area (Å²) in [6, 6.07) is 7.02. The third-order valence-corrected chi connectivity index (χ3v) is 8.88. The highest BCUT2D eigenvalue weighted by atomic mass is 16.6. The standard InChI is InChI=1S/C27H40N4O3/c1-2-34-26(33)30-17-12-27(20-30)18-23(19-27)29-15-10-21(11-16-29)24-7-5-14-31(24)25(32)9-8-22-6-3-4-13-28-22/h3-4,6,13,21,23-24H,2,5,7-12,14-20H2,1H3/t23?,24-,27?/m0/s1. The summed E-state index contributed by atoms with van der Waals surface area (Å²) < 4.78 is 5.20. The molecule has 5 rings (SSSR count). The van der Waals surface area contributed by atoms with E-state index in [0.717, 1.165) is 64.1 Å². The van der Waals surface area contributed by atoms with E-state index in [0.29, 0.717) is 42.4 Å². The van der Waals surface area contributed by atoms with E-state index in [4.69, 9.17) is 4.74 Å². The summed E-state index contributed by atoms with van der Waals surface area (Å²) in [4.78, 5) is 36.2. The molecule has 4 aliphatic rings. The van der Waals surface area contributed by atoms with Crippen molar-refractivity contribution in [1.29, 1.82) is 0 Å². The second-order valence-electron chi connectivity index (χ2n) is 10.9. The molecule has 7 nitrogen and oxygen atoms in total. The number of rotatable bonds is 6. The third-order valence-electron chi connectivity index (χ3n) is 8.88. The first kappa shape index (κ1) is 23.6. The fourth-order valence-electron chi connectivity index (χ4n) is 7.02. The molecule has 0 unspecified atom stereocenters. The van der Waals surface area contributed by atoms with Crippen LogP contribution in [0.25, 0.3) is 0 Å². The van der Waals surface area contributed by atoms with Gasteiger partial charge in [0, 0.05) is 50.0 Å². The first-order valence-corrected chi connectivity index (χ1v) is 13.4. The SMILES string of the molecule is CCOC(=O)N1CCC2(CC(N3CCC([C@@H]4CCCN4C(=O)CCc4ccccn4)CC3)C2)C1. The van der Waals surface area contributed by atoms with Crippen LogP contribution in [0.2, 0.25) is 0 Å². The third kappa shape index (κ3) is 4.95. The Labute approximate surface area is 203 Å². The number of aryl methyl sites for hydroxylation is 1. The Balaban J connectivity index is 1.06. The lowest BCUT2D eigenvalue weighted by atomic mass is 9.64. The van der Waals surface area contributed by atoms with E-state index in [1.807, 2.05) is 30.0 Å². The molecular weight excluding hydrogens is 428 g/mol. The number of likely N-dealkylation sites (tertiary alicyclic amines) is 3. The molecular formula is C27H40N4O3. The molecule has 1 saturated carbocycles. The molecule has 1 aromatic heterocycles. The molecule has 3 saturated heterocycles. The molecule has 4 heterocycles. The van der Waals surface area contributed by atoms with Crippen molar-refractivity contribution in [3.8, 4) is 0 Å². The Hall–Kier alpha value is -2.15. The van der Waals surface area contributed by atoms with Crippen molar-refractivity contribution in [1.82, 2.24) is 19.7 Å². The van der Waals surface area contributed by atoms with Gasteiger partial charge in [-0.15, -0.1) is 0 Å². The molecule has 0 bridgehead atoms. The predicted octanol–water partition coefficient (Wildman–Crippen LogP) is 3.73. The minimum atomic E-state index is -0.140. The number of nitrogens with zero attached hydrogens (tertiary/aromatic N) is 4. The predicted molar refractivity (Wildman–Crippen MR) is 130 cm³/mol. The molecule has 0 radical (unpaired) electrons. The number of piperidine rings is 1.